The highest BCUT2D eigenvalue weighted by Crippen LogP contribution is 2.30. The average Bonchev–Trinajstić information content (AvgIpc) is 3.27. The number of fused-ring (bicyclic) bond motifs is 1. The fourth-order valence-electron chi connectivity index (χ4n) is 4.77. The third kappa shape index (κ3) is 5.29. The molecule has 7 heteroatoms. The first-order valence-corrected chi connectivity index (χ1v) is 12.1. The average molecular weight is 471 g/mol. The summed E-state index contributed by atoms with van der Waals surface area (Å²) in [5.41, 5.74) is 3.73. The lowest BCUT2D eigenvalue weighted by molar-refractivity contribution is 0.0759. The molecule has 1 aliphatic heterocycles. The molecule has 4 aromatic rings. The van der Waals surface area contributed by atoms with Gasteiger partial charge in [0.15, 0.2) is 11.5 Å². The number of carbonyl (C=O) groups is 1. The number of rotatable bonds is 7. The Kier molecular flexibility index (Phi) is 6.93. The number of nitrogens with zero attached hydrogens (tertiary/aromatic N) is 4. The van der Waals surface area contributed by atoms with E-state index in [2.05, 4.69) is 32.7 Å². The van der Waals surface area contributed by atoms with Crippen LogP contribution in [0, 0.1) is 5.92 Å². The molecule has 0 unspecified atom stereocenters. The summed E-state index contributed by atoms with van der Waals surface area (Å²) < 4.78 is 13.5. The zero-order valence-corrected chi connectivity index (χ0v) is 20.0. The van der Waals surface area contributed by atoms with Crippen molar-refractivity contribution in [2.24, 2.45) is 5.92 Å². The van der Waals surface area contributed by atoms with Crippen molar-refractivity contribution in [2.75, 3.05) is 20.2 Å². The standard InChI is InChI=1S/C28H30N4O3/c1-34-26-10-9-22(19-27(26)35-20-23-7-2-3-12-29-23)28(33)32-15-4-6-21(11-16-32)18-24-25-8-5-14-31(25)17-13-30-24/h2-3,5,7-10,12-14,17,19,21H,4,6,11,15-16,18,20H2,1H3/t21-/m1/s1. The number of hydrogen-bond acceptors (Lipinski definition) is 5. The minimum absolute atomic E-state index is 0.0304. The summed E-state index contributed by atoms with van der Waals surface area (Å²) in [6, 6.07) is 15.3. The molecule has 0 aliphatic carbocycles. The Hall–Kier alpha value is -3.87. The van der Waals surface area contributed by atoms with Crippen LogP contribution in [0.3, 0.4) is 0 Å². The van der Waals surface area contributed by atoms with Crippen molar-refractivity contribution in [3.63, 3.8) is 0 Å². The van der Waals surface area contributed by atoms with E-state index in [0.717, 1.165) is 50.2 Å². The normalized spacial score (nSPS) is 16.1. The molecule has 7 nitrogen and oxygen atoms in total. The molecular weight excluding hydrogens is 440 g/mol. The van der Waals surface area contributed by atoms with Gasteiger partial charge in [-0.2, -0.15) is 0 Å². The van der Waals surface area contributed by atoms with E-state index in [1.54, 1.807) is 25.4 Å². The van der Waals surface area contributed by atoms with E-state index in [0.29, 0.717) is 29.6 Å². The molecule has 0 saturated carbocycles. The van der Waals surface area contributed by atoms with E-state index in [1.165, 1.54) is 5.52 Å². The number of aromatic nitrogens is 3. The highest BCUT2D eigenvalue weighted by Gasteiger charge is 2.23. The van der Waals surface area contributed by atoms with Gasteiger partial charge >= 0.3 is 0 Å². The molecule has 180 valence electrons. The van der Waals surface area contributed by atoms with Gasteiger partial charge in [0.25, 0.3) is 5.91 Å². The first-order valence-electron chi connectivity index (χ1n) is 12.1. The van der Waals surface area contributed by atoms with Crippen LogP contribution in [0.4, 0.5) is 0 Å². The molecule has 0 N–H and O–H groups in total. The Morgan fingerprint density at radius 3 is 2.80 bits per heavy atom. The molecule has 1 aliphatic rings. The summed E-state index contributed by atoms with van der Waals surface area (Å²) in [7, 11) is 1.60. The monoisotopic (exact) mass is 470 g/mol. The van der Waals surface area contributed by atoms with Gasteiger partial charge < -0.3 is 18.8 Å². The zero-order chi connectivity index (χ0) is 24.0. The number of pyridine rings is 1. The lowest BCUT2D eigenvalue weighted by atomic mass is 9.95. The Morgan fingerprint density at radius 1 is 1.00 bits per heavy atom. The molecule has 0 spiro atoms. The molecule has 4 heterocycles. The van der Waals surface area contributed by atoms with Gasteiger partial charge in [-0.15, -0.1) is 0 Å². The molecule has 0 radical (unpaired) electrons. The molecular formula is C28H30N4O3. The lowest BCUT2D eigenvalue weighted by Crippen LogP contribution is -2.32. The highest BCUT2D eigenvalue weighted by atomic mass is 16.5. The molecule has 0 bridgehead atoms. The minimum atomic E-state index is 0.0304. The van der Waals surface area contributed by atoms with E-state index >= 15 is 0 Å². The second-order valence-electron chi connectivity index (χ2n) is 8.94. The smallest absolute Gasteiger partial charge is 0.253 e. The summed E-state index contributed by atoms with van der Waals surface area (Å²) in [6.07, 6.45) is 11.6. The van der Waals surface area contributed by atoms with Gasteiger partial charge in [0.2, 0.25) is 0 Å². The summed E-state index contributed by atoms with van der Waals surface area (Å²) in [6.45, 7) is 1.81. The Morgan fingerprint density at radius 2 is 1.94 bits per heavy atom. The quantitative estimate of drug-likeness (QED) is 0.388. The number of methoxy groups -OCH3 is 1. The maximum Gasteiger partial charge on any atom is 0.253 e. The number of hydrogen-bond donors (Lipinski definition) is 0. The van der Waals surface area contributed by atoms with Crippen molar-refractivity contribution in [2.45, 2.75) is 32.3 Å². The fourth-order valence-corrected chi connectivity index (χ4v) is 4.77. The van der Waals surface area contributed by atoms with E-state index in [4.69, 9.17) is 9.47 Å². The number of amides is 1. The van der Waals surface area contributed by atoms with Gasteiger partial charge in [-0.25, -0.2) is 0 Å². The molecule has 1 aromatic carbocycles. The van der Waals surface area contributed by atoms with E-state index in [-0.39, 0.29) is 5.91 Å². The van der Waals surface area contributed by atoms with Crippen LogP contribution in [0.25, 0.3) is 5.52 Å². The van der Waals surface area contributed by atoms with Gasteiger partial charge in [0, 0.05) is 43.4 Å². The Bertz CT molecular complexity index is 1290. The van der Waals surface area contributed by atoms with Gasteiger partial charge in [-0.05, 0) is 74.1 Å². The minimum Gasteiger partial charge on any atom is -0.493 e. The number of ether oxygens (including phenoxy) is 2. The summed E-state index contributed by atoms with van der Waals surface area (Å²) >= 11 is 0. The second kappa shape index (κ2) is 10.6. The van der Waals surface area contributed by atoms with Crippen LogP contribution in [-0.4, -0.2) is 45.4 Å². The van der Waals surface area contributed by atoms with Crippen molar-refractivity contribution < 1.29 is 14.3 Å². The van der Waals surface area contributed by atoms with Crippen molar-refractivity contribution in [3.05, 3.63) is 90.3 Å². The van der Waals surface area contributed by atoms with E-state index < -0.39 is 0 Å². The van der Waals surface area contributed by atoms with Gasteiger partial charge in [-0.3, -0.25) is 14.8 Å². The van der Waals surface area contributed by atoms with Gasteiger partial charge in [0.1, 0.15) is 6.61 Å². The maximum absolute atomic E-state index is 13.4. The number of benzene rings is 1. The SMILES string of the molecule is COc1ccc(C(=O)N2CCC[C@@H](Cc3nccn4cccc34)CC2)cc1OCc1ccccn1. The van der Waals surface area contributed by atoms with Crippen LogP contribution < -0.4 is 9.47 Å². The van der Waals surface area contributed by atoms with Crippen LogP contribution in [-0.2, 0) is 13.0 Å². The first-order chi connectivity index (χ1) is 17.2. The first kappa shape index (κ1) is 22.9. The van der Waals surface area contributed by atoms with Crippen molar-refractivity contribution in [1.82, 2.24) is 19.3 Å². The largest absolute Gasteiger partial charge is 0.493 e. The van der Waals surface area contributed by atoms with Gasteiger partial charge in [0.05, 0.1) is 24.0 Å². The molecule has 3 aromatic heterocycles. The van der Waals surface area contributed by atoms with Crippen molar-refractivity contribution >= 4 is 11.4 Å². The molecule has 1 atom stereocenters. The Balaban J connectivity index is 1.24. The molecule has 35 heavy (non-hydrogen) atoms. The number of likely N-dealkylation sites (tertiary alicyclic amines) is 1. The molecule has 1 fully saturated rings. The fraction of sp³-hybridized carbons (Fsp3) is 0.321. The lowest BCUT2D eigenvalue weighted by Gasteiger charge is -2.21. The molecule has 1 amide bonds. The maximum atomic E-state index is 13.4. The van der Waals surface area contributed by atoms with Crippen LogP contribution in [0.2, 0.25) is 0 Å². The van der Waals surface area contributed by atoms with E-state index in [1.807, 2.05) is 41.6 Å². The van der Waals surface area contributed by atoms with E-state index in [9.17, 15) is 4.79 Å². The third-order valence-electron chi connectivity index (χ3n) is 6.66. The number of carbonyl (C=O) groups excluding carboxylic acids is 1. The topological polar surface area (TPSA) is 69.0 Å². The van der Waals surface area contributed by atoms with Crippen molar-refractivity contribution in [1.29, 1.82) is 0 Å². The van der Waals surface area contributed by atoms with Crippen molar-refractivity contribution in [3.8, 4) is 11.5 Å². The predicted octanol–water partition coefficient (Wildman–Crippen LogP) is 4.80. The third-order valence-corrected chi connectivity index (χ3v) is 6.66. The summed E-state index contributed by atoms with van der Waals surface area (Å²) in [4.78, 5) is 24.3. The van der Waals surface area contributed by atoms with Gasteiger partial charge in [-0.1, -0.05) is 6.07 Å². The predicted molar refractivity (Wildman–Crippen MR) is 134 cm³/mol. The molecule has 1 saturated heterocycles. The highest BCUT2D eigenvalue weighted by molar-refractivity contribution is 5.95. The van der Waals surface area contributed by atoms with Crippen LogP contribution >= 0.6 is 0 Å². The van der Waals surface area contributed by atoms with Crippen LogP contribution in [0.1, 0.15) is 41.0 Å². The second-order valence-corrected chi connectivity index (χ2v) is 8.94. The summed E-state index contributed by atoms with van der Waals surface area (Å²) in [5.74, 6) is 1.68. The zero-order valence-electron chi connectivity index (χ0n) is 20.0. The molecule has 5 rings (SSSR count). The summed E-state index contributed by atoms with van der Waals surface area (Å²) in [5, 5.41) is 0. The Labute approximate surface area is 205 Å². The van der Waals surface area contributed by atoms with Crippen LogP contribution in [0.15, 0.2) is 73.3 Å². The van der Waals surface area contributed by atoms with Crippen LogP contribution in [0.5, 0.6) is 11.5 Å².